The first-order chi connectivity index (χ1) is 20.2. The number of rotatable bonds is 12. The largest absolute Gasteiger partial charge is 0.481 e. The van der Waals surface area contributed by atoms with Gasteiger partial charge in [-0.25, -0.2) is 0 Å². The number of nitrogens with zero attached hydrogens (tertiary/aromatic N) is 1. The zero-order chi connectivity index (χ0) is 30.2. The Morgan fingerprint density at radius 3 is 2.33 bits per heavy atom. The first kappa shape index (κ1) is 31.3. The van der Waals surface area contributed by atoms with Crippen LogP contribution in [0.4, 0.5) is 5.69 Å². The van der Waals surface area contributed by atoms with Gasteiger partial charge in [0.05, 0.1) is 31.3 Å². The number of aliphatic hydroxyl groups is 2. The van der Waals surface area contributed by atoms with Crippen LogP contribution in [0.25, 0.3) is 0 Å². The molecule has 1 aliphatic rings. The molecular formula is C33H40N2O7. The lowest BCUT2D eigenvalue weighted by Crippen LogP contribution is -2.46. The minimum absolute atomic E-state index is 0.0485. The second-order valence-electron chi connectivity index (χ2n) is 10.9. The van der Waals surface area contributed by atoms with Gasteiger partial charge in [-0.2, -0.15) is 0 Å². The van der Waals surface area contributed by atoms with Crippen LogP contribution in [0.5, 0.6) is 0 Å². The molecule has 42 heavy (non-hydrogen) atoms. The number of anilines is 1. The van der Waals surface area contributed by atoms with Crippen molar-refractivity contribution in [2.75, 3.05) is 18.9 Å². The predicted molar refractivity (Wildman–Crippen MR) is 158 cm³/mol. The molecule has 0 radical (unpaired) electrons. The summed E-state index contributed by atoms with van der Waals surface area (Å²) < 4.78 is 13.1. The van der Waals surface area contributed by atoms with E-state index in [1.807, 2.05) is 74.6 Å². The zero-order valence-electron chi connectivity index (χ0n) is 24.2. The molecule has 1 fully saturated rings. The van der Waals surface area contributed by atoms with Gasteiger partial charge >= 0.3 is 5.97 Å². The minimum Gasteiger partial charge on any atom is -0.481 e. The van der Waals surface area contributed by atoms with Crippen molar-refractivity contribution >= 4 is 17.6 Å². The molecule has 9 nitrogen and oxygen atoms in total. The van der Waals surface area contributed by atoms with Crippen molar-refractivity contribution in [2.24, 2.45) is 5.92 Å². The second kappa shape index (κ2) is 14.5. The van der Waals surface area contributed by atoms with Crippen LogP contribution < -0.4 is 5.32 Å². The Morgan fingerprint density at radius 1 is 0.952 bits per heavy atom. The summed E-state index contributed by atoms with van der Waals surface area (Å²) in [6.07, 6.45) is -2.38. The molecule has 9 heteroatoms. The lowest BCUT2D eigenvalue weighted by Gasteiger charge is -2.43. The summed E-state index contributed by atoms with van der Waals surface area (Å²) in [4.78, 5) is 25.2. The average Bonchev–Trinajstić information content (AvgIpc) is 3.00. The van der Waals surface area contributed by atoms with Gasteiger partial charge in [-0.05, 0) is 42.8 Å². The summed E-state index contributed by atoms with van der Waals surface area (Å²) in [5.74, 6) is -1.47. The van der Waals surface area contributed by atoms with Crippen LogP contribution in [0, 0.1) is 5.92 Å². The van der Waals surface area contributed by atoms with Crippen molar-refractivity contribution in [3.8, 4) is 0 Å². The average molecular weight is 577 g/mol. The first-order valence-electron chi connectivity index (χ1n) is 14.2. The fourth-order valence-corrected chi connectivity index (χ4v) is 5.15. The molecule has 1 saturated heterocycles. The highest BCUT2D eigenvalue weighted by atomic mass is 16.7. The molecule has 1 aliphatic heterocycles. The van der Waals surface area contributed by atoms with Crippen molar-refractivity contribution in [2.45, 2.75) is 63.9 Å². The molecule has 224 valence electrons. The number of hydrogen-bond donors (Lipinski definition) is 4. The van der Waals surface area contributed by atoms with Gasteiger partial charge in [0.1, 0.15) is 0 Å². The molecule has 1 amide bonds. The molecule has 0 spiro atoms. The van der Waals surface area contributed by atoms with Gasteiger partial charge in [-0.3, -0.25) is 14.5 Å². The highest BCUT2D eigenvalue weighted by Gasteiger charge is 2.39. The van der Waals surface area contributed by atoms with E-state index in [2.05, 4.69) is 17.1 Å². The van der Waals surface area contributed by atoms with E-state index in [0.29, 0.717) is 17.8 Å². The quantitative estimate of drug-likeness (QED) is 0.241. The highest BCUT2D eigenvalue weighted by molar-refractivity contribution is 5.92. The number of carboxylic acids is 1. The van der Waals surface area contributed by atoms with E-state index in [1.54, 1.807) is 18.2 Å². The topological polar surface area (TPSA) is 129 Å². The van der Waals surface area contributed by atoms with Gasteiger partial charge in [0.25, 0.3) is 0 Å². The van der Waals surface area contributed by atoms with E-state index >= 15 is 0 Å². The molecule has 0 aliphatic carbocycles. The monoisotopic (exact) mass is 576 g/mol. The molecule has 0 saturated carbocycles. The van der Waals surface area contributed by atoms with Crippen LogP contribution in [0.1, 0.15) is 67.4 Å². The van der Waals surface area contributed by atoms with Crippen molar-refractivity contribution < 1.29 is 34.4 Å². The smallest absolute Gasteiger partial charge is 0.303 e. The fourth-order valence-electron chi connectivity index (χ4n) is 5.15. The Morgan fingerprint density at radius 2 is 1.67 bits per heavy atom. The minimum atomic E-state index is -1.03. The van der Waals surface area contributed by atoms with Gasteiger partial charge in [0.2, 0.25) is 5.91 Å². The van der Waals surface area contributed by atoms with Gasteiger partial charge in [-0.1, -0.05) is 73.7 Å². The molecule has 3 aromatic carbocycles. The zero-order valence-corrected chi connectivity index (χ0v) is 24.2. The van der Waals surface area contributed by atoms with Crippen LogP contribution in [-0.2, 0) is 25.7 Å². The summed E-state index contributed by atoms with van der Waals surface area (Å²) in [5, 5.41) is 32.2. The van der Waals surface area contributed by atoms with Crippen LogP contribution in [-0.4, -0.2) is 57.8 Å². The molecule has 0 aromatic heterocycles. The number of ether oxygens (including phenoxy) is 2. The van der Waals surface area contributed by atoms with Crippen molar-refractivity contribution in [3.05, 3.63) is 101 Å². The third-order valence-electron chi connectivity index (χ3n) is 7.89. The molecule has 4 N–H and O–H groups in total. The Bertz CT molecular complexity index is 1320. The molecule has 0 unspecified atom stereocenters. The summed E-state index contributed by atoms with van der Waals surface area (Å²) in [5.41, 5.74) is 3.84. The van der Waals surface area contributed by atoms with Gasteiger partial charge < -0.3 is 30.1 Å². The Labute approximate surface area is 246 Å². The van der Waals surface area contributed by atoms with E-state index in [9.17, 15) is 19.8 Å². The number of amides is 1. The van der Waals surface area contributed by atoms with Crippen molar-refractivity contribution in [3.63, 3.8) is 0 Å². The third kappa shape index (κ3) is 8.02. The highest BCUT2D eigenvalue weighted by Crippen LogP contribution is 2.42. The Balaban J connectivity index is 1.56. The predicted octanol–water partition coefficient (Wildman–Crippen LogP) is 4.83. The summed E-state index contributed by atoms with van der Waals surface area (Å²) in [7, 11) is 1.97. The van der Waals surface area contributed by atoms with Gasteiger partial charge in [0, 0.05) is 36.2 Å². The normalized spacial score (nSPS) is 22.0. The lowest BCUT2D eigenvalue weighted by atomic mass is 9.89. The molecule has 6 atom stereocenters. The maximum Gasteiger partial charge on any atom is 0.303 e. The number of benzene rings is 3. The number of aliphatic carboxylic acids is 1. The molecule has 4 rings (SSSR count). The molecular weight excluding hydrogens is 536 g/mol. The first-order valence-corrected chi connectivity index (χ1v) is 14.2. The van der Waals surface area contributed by atoms with Crippen LogP contribution in [0.15, 0.2) is 78.9 Å². The lowest BCUT2D eigenvalue weighted by molar-refractivity contribution is -0.276. The summed E-state index contributed by atoms with van der Waals surface area (Å²) >= 11 is 0. The molecule has 1 heterocycles. The third-order valence-corrected chi connectivity index (χ3v) is 7.89. The standard InChI is InChI=1S/C33H40N2O7/c1-21-28(19-35(3)22(2)31(40)24-8-5-4-6-9-24)41-33(42-32(21)25-14-12-23(20-36)13-15-25)26-10-7-11-27(18-26)34-29(37)16-17-30(38)39/h4-15,18,21-22,28,31-33,36,40H,16-17,19-20H2,1-3H3,(H,34,37)(H,38,39)/t21-,22-,28+,31-,32+,33+/m1/s1. The van der Waals surface area contributed by atoms with E-state index in [1.165, 1.54) is 0 Å². The van der Waals surface area contributed by atoms with E-state index in [4.69, 9.17) is 14.6 Å². The molecule has 0 bridgehead atoms. The Hall–Kier alpha value is -3.60. The summed E-state index contributed by atoms with van der Waals surface area (Å²) in [6, 6.07) is 24.2. The number of likely N-dealkylation sites (N-methyl/N-ethyl adjacent to an activating group) is 1. The maximum absolute atomic E-state index is 12.3. The number of carbonyl (C=O) groups is 2. The number of carbonyl (C=O) groups excluding carboxylic acids is 1. The van der Waals surface area contributed by atoms with Gasteiger partial charge in [0.15, 0.2) is 6.29 Å². The van der Waals surface area contributed by atoms with E-state index in [-0.39, 0.29) is 49.5 Å². The summed E-state index contributed by atoms with van der Waals surface area (Å²) in [6.45, 7) is 4.55. The SMILES string of the molecule is C[C@@H]1[C@H](CN(C)[C@H](C)[C@@H](O)c2ccccc2)O[C@H](c2cccc(NC(=O)CCC(=O)O)c2)O[C@@H]1c1ccc(CO)cc1. The van der Waals surface area contributed by atoms with Crippen LogP contribution in [0.2, 0.25) is 0 Å². The van der Waals surface area contributed by atoms with E-state index < -0.39 is 18.4 Å². The van der Waals surface area contributed by atoms with Crippen LogP contribution in [0.3, 0.4) is 0 Å². The van der Waals surface area contributed by atoms with Crippen molar-refractivity contribution in [1.29, 1.82) is 0 Å². The fraction of sp³-hybridized carbons (Fsp3) is 0.394. The van der Waals surface area contributed by atoms with E-state index in [0.717, 1.165) is 16.7 Å². The molecule has 3 aromatic rings. The number of aliphatic hydroxyl groups excluding tert-OH is 2. The van der Waals surface area contributed by atoms with Gasteiger partial charge in [-0.15, -0.1) is 0 Å². The second-order valence-corrected chi connectivity index (χ2v) is 10.9. The number of carboxylic acid groups (broad SMARTS) is 1. The Kier molecular flexibility index (Phi) is 10.8. The van der Waals surface area contributed by atoms with Crippen molar-refractivity contribution in [1.82, 2.24) is 4.90 Å². The number of hydrogen-bond acceptors (Lipinski definition) is 7. The number of nitrogens with one attached hydrogen (secondary N) is 1. The maximum atomic E-state index is 12.3. The van der Waals surface area contributed by atoms with Crippen LogP contribution >= 0.6 is 0 Å².